The Bertz CT molecular complexity index is 932. The Morgan fingerprint density at radius 1 is 1.00 bits per heavy atom. The van der Waals surface area contributed by atoms with E-state index in [1.165, 1.54) is 0 Å². The van der Waals surface area contributed by atoms with Crippen LogP contribution in [0.4, 0.5) is 11.4 Å². The molecule has 3 rings (SSSR count). The molecule has 3 aromatic rings. The number of carbonyl (C=O) groups excluding carboxylic acids is 2. The maximum absolute atomic E-state index is 11.8. The molecule has 0 unspecified atom stereocenters. The number of rotatable bonds is 5. The van der Waals surface area contributed by atoms with Crippen molar-refractivity contribution in [3.63, 3.8) is 0 Å². The highest BCUT2D eigenvalue weighted by Crippen LogP contribution is 2.35. The minimum absolute atomic E-state index is 0.00656. The highest BCUT2D eigenvalue weighted by Gasteiger charge is 2.11. The van der Waals surface area contributed by atoms with Gasteiger partial charge in [0.1, 0.15) is 0 Å². The van der Waals surface area contributed by atoms with Crippen LogP contribution in [0.25, 0.3) is 10.9 Å². The van der Waals surface area contributed by atoms with Crippen molar-refractivity contribution in [2.45, 2.75) is 12.8 Å². The quantitative estimate of drug-likeness (QED) is 0.615. The van der Waals surface area contributed by atoms with E-state index in [1.807, 2.05) is 24.3 Å². The van der Waals surface area contributed by atoms with Crippen LogP contribution in [0, 0.1) is 0 Å². The van der Waals surface area contributed by atoms with Crippen LogP contribution in [0.2, 0.25) is 0 Å². The molecule has 0 spiro atoms. The lowest BCUT2D eigenvalue weighted by atomic mass is 10.2. The minimum Gasteiger partial charge on any atom is -0.493 e. The number of anilines is 1. The SMILES string of the molecule is O=C(CCC(=O)Nc1ccccc1)N=Nc1c(O)[nH]c2ccccc12. The summed E-state index contributed by atoms with van der Waals surface area (Å²) in [7, 11) is 0. The van der Waals surface area contributed by atoms with Crippen molar-refractivity contribution in [1.82, 2.24) is 4.98 Å². The van der Waals surface area contributed by atoms with Crippen LogP contribution in [0.5, 0.6) is 5.88 Å². The second kappa shape index (κ2) is 7.39. The van der Waals surface area contributed by atoms with Crippen LogP contribution in [-0.2, 0) is 9.59 Å². The van der Waals surface area contributed by atoms with Gasteiger partial charge in [-0.25, -0.2) is 0 Å². The first-order valence-electron chi connectivity index (χ1n) is 7.72. The predicted octanol–water partition coefficient (Wildman–Crippen LogP) is 3.90. The van der Waals surface area contributed by atoms with Crippen LogP contribution >= 0.6 is 0 Å². The van der Waals surface area contributed by atoms with Crippen LogP contribution < -0.4 is 5.32 Å². The molecule has 0 fully saturated rings. The average Bonchev–Trinajstić information content (AvgIpc) is 2.94. The van der Waals surface area contributed by atoms with Gasteiger partial charge in [0.15, 0.2) is 5.69 Å². The molecule has 0 aliphatic carbocycles. The number of carbonyl (C=O) groups is 2. The van der Waals surface area contributed by atoms with Gasteiger partial charge in [-0.2, -0.15) is 0 Å². The van der Waals surface area contributed by atoms with Crippen molar-refractivity contribution in [2.75, 3.05) is 5.32 Å². The third-order valence-corrected chi connectivity index (χ3v) is 3.54. The molecule has 1 heterocycles. The Morgan fingerprint density at radius 3 is 2.52 bits per heavy atom. The fraction of sp³-hybridized carbons (Fsp3) is 0.111. The van der Waals surface area contributed by atoms with Gasteiger partial charge < -0.3 is 15.4 Å². The maximum Gasteiger partial charge on any atom is 0.265 e. The number of hydrogen-bond donors (Lipinski definition) is 3. The van der Waals surface area contributed by atoms with E-state index in [-0.39, 0.29) is 30.3 Å². The van der Waals surface area contributed by atoms with Gasteiger partial charge in [0.2, 0.25) is 11.8 Å². The molecule has 2 aromatic carbocycles. The molecular weight excluding hydrogens is 320 g/mol. The number of H-pyrrole nitrogens is 1. The number of aromatic nitrogens is 1. The molecule has 3 N–H and O–H groups in total. The molecule has 0 saturated heterocycles. The Balaban J connectivity index is 1.58. The van der Waals surface area contributed by atoms with Crippen LogP contribution in [0.15, 0.2) is 64.8 Å². The summed E-state index contributed by atoms with van der Waals surface area (Å²) in [5, 5.41) is 20.6. The van der Waals surface area contributed by atoms with Crippen LogP contribution in [0.1, 0.15) is 12.8 Å². The molecule has 0 atom stereocenters. The molecule has 2 amide bonds. The topological polar surface area (TPSA) is 107 Å². The molecule has 0 saturated carbocycles. The summed E-state index contributed by atoms with van der Waals surface area (Å²) >= 11 is 0. The largest absolute Gasteiger partial charge is 0.493 e. The van der Waals surface area contributed by atoms with E-state index in [0.29, 0.717) is 16.6 Å². The third-order valence-electron chi connectivity index (χ3n) is 3.54. The minimum atomic E-state index is -0.534. The van der Waals surface area contributed by atoms with Gasteiger partial charge in [-0.15, -0.1) is 10.2 Å². The van der Waals surface area contributed by atoms with Gasteiger partial charge in [-0.05, 0) is 18.2 Å². The van der Waals surface area contributed by atoms with Crippen molar-refractivity contribution in [3.05, 3.63) is 54.6 Å². The van der Waals surface area contributed by atoms with Crippen LogP contribution in [-0.4, -0.2) is 21.9 Å². The number of nitrogens with one attached hydrogen (secondary N) is 2. The molecular formula is C18H16N4O3. The van der Waals surface area contributed by atoms with Crippen LogP contribution in [0.3, 0.4) is 0 Å². The van der Waals surface area contributed by atoms with Crippen molar-refractivity contribution in [3.8, 4) is 5.88 Å². The Labute approximate surface area is 143 Å². The van der Waals surface area contributed by atoms with Crippen molar-refractivity contribution < 1.29 is 14.7 Å². The van der Waals surface area contributed by atoms with E-state index in [0.717, 1.165) is 0 Å². The summed E-state index contributed by atoms with van der Waals surface area (Å²) < 4.78 is 0. The summed E-state index contributed by atoms with van der Waals surface area (Å²) in [6.45, 7) is 0. The van der Waals surface area contributed by atoms with Gasteiger partial charge in [0, 0.05) is 23.9 Å². The fourth-order valence-corrected chi connectivity index (χ4v) is 2.34. The second-order valence-corrected chi connectivity index (χ2v) is 5.38. The van der Waals surface area contributed by atoms with Crippen molar-refractivity contribution in [2.24, 2.45) is 10.2 Å². The molecule has 0 bridgehead atoms. The summed E-state index contributed by atoms with van der Waals surface area (Å²) in [6.07, 6.45) is -0.0576. The number of aromatic hydroxyl groups is 1. The normalized spacial score (nSPS) is 11.0. The summed E-state index contributed by atoms with van der Waals surface area (Å²) in [6, 6.07) is 16.1. The van der Waals surface area contributed by atoms with Gasteiger partial charge in [-0.1, -0.05) is 36.4 Å². The first kappa shape index (κ1) is 16.4. The number of azo groups is 1. The number of para-hydroxylation sites is 2. The fourth-order valence-electron chi connectivity index (χ4n) is 2.34. The van der Waals surface area contributed by atoms with E-state index < -0.39 is 5.91 Å². The summed E-state index contributed by atoms with van der Waals surface area (Å²) in [4.78, 5) is 26.4. The first-order chi connectivity index (χ1) is 12.1. The van der Waals surface area contributed by atoms with Gasteiger partial charge >= 0.3 is 0 Å². The zero-order valence-corrected chi connectivity index (χ0v) is 13.3. The van der Waals surface area contributed by atoms with E-state index in [4.69, 9.17) is 0 Å². The number of amides is 2. The highest BCUT2D eigenvalue weighted by molar-refractivity contribution is 5.95. The lowest BCUT2D eigenvalue weighted by molar-refractivity contribution is -0.122. The van der Waals surface area contributed by atoms with E-state index in [2.05, 4.69) is 20.5 Å². The zero-order valence-electron chi connectivity index (χ0n) is 13.3. The standard InChI is InChI=1S/C18H16N4O3/c23-15(19-12-6-2-1-3-7-12)10-11-16(24)21-22-17-13-8-4-5-9-14(13)20-18(17)25/h1-9,20,25H,10-11H2,(H,19,23). The highest BCUT2D eigenvalue weighted by atomic mass is 16.3. The number of benzene rings is 2. The number of fused-ring (bicyclic) bond motifs is 1. The molecule has 7 heteroatoms. The lowest BCUT2D eigenvalue weighted by Crippen LogP contribution is -2.12. The van der Waals surface area contributed by atoms with E-state index in [1.54, 1.807) is 30.3 Å². The van der Waals surface area contributed by atoms with Crippen molar-refractivity contribution in [1.29, 1.82) is 0 Å². The first-order valence-corrected chi connectivity index (χ1v) is 7.72. The molecule has 7 nitrogen and oxygen atoms in total. The Kier molecular flexibility index (Phi) is 4.84. The molecule has 0 aliphatic rings. The Morgan fingerprint density at radius 2 is 1.72 bits per heavy atom. The molecule has 1 aromatic heterocycles. The monoisotopic (exact) mass is 336 g/mol. The Hall–Kier alpha value is -3.48. The second-order valence-electron chi connectivity index (χ2n) is 5.38. The predicted molar refractivity (Wildman–Crippen MR) is 93.8 cm³/mol. The van der Waals surface area contributed by atoms with E-state index in [9.17, 15) is 14.7 Å². The van der Waals surface area contributed by atoms with Crippen molar-refractivity contribution >= 4 is 34.1 Å². The number of hydrogen-bond acceptors (Lipinski definition) is 4. The smallest absolute Gasteiger partial charge is 0.265 e. The number of aromatic amines is 1. The summed E-state index contributed by atoms with van der Waals surface area (Å²) in [5.74, 6) is -0.961. The van der Waals surface area contributed by atoms with E-state index >= 15 is 0 Å². The number of nitrogens with zero attached hydrogens (tertiary/aromatic N) is 2. The molecule has 25 heavy (non-hydrogen) atoms. The molecule has 0 aliphatic heterocycles. The van der Waals surface area contributed by atoms with Gasteiger partial charge in [0.25, 0.3) is 5.91 Å². The molecule has 126 valence electrons. The summed E-state index contributed by atoms with van der Waals surface area (Å²) in [5.41, 5.74) is 1.58. The average molecular weight is 336 g/mol. The lowest BCUT2D eigenvalue weighted by Gasteiger charge is -2.03. The zero-order chi connectivity index (χ0) is 17.6. The molecule has 0 radical (unpaired) electrons. The maximum atomic E-state index is 11.8. The third kappa shape index (κ3) is 4.08. The van der Waals surface area contributed by atoms with Gasteiger partial charge in [0.05, 0.1) is 5.52 Å². The van der Waals surface area contributed by atoms with Gasteiger partial charge in [-0.3, -0.25) is 9.59 Å².